The maximum absolute atomic E-state index is 12.1. The van der Waals surface area contributed by atoms with Gasteiger partial charge in [0.2, 0.25) is 11.8 Å². The number of amides is 1. The number of aromatic nitrogens is 1. The zero-order chi connectivity index (χ0) is 18.5. The second-order valence-electron chi connectivity index (χ2n) is 5.97. The second kappa shape index (κ2) is 7.98. The van der Waals surface area contributed by atoms with Crippen LogP contribution in [0.5, 0.6) is 5.88 Å². The first-order chi connectivity index (χ1) is 12.5. The van der Waals surface area contributed by atoms with Crippen molar-refractivity contribution in [3.8, 4) is 11.9 Å². The summed E-state index contributed by atoms with van der Waals surface area (Å²) in [5, 5.41) is 9.30. The van der Waals surface area contributed by atoms with Crippen LogP contribution >= 0.6 is 11.6 Å². The Labute approximate surface area is 156 Å². The Hall–Kier alpha value is -2.91. The number of hydrogen-bond acceptors (Lipinski definition) is 5. The lowest BCUT2D eigenvalue weighted by molar-refractivity contribution is -0.140. The van der Waals surface area contributed by atoms with Crippen molar-refractivity contribution >= 4 is 23.3 Å². The van der Waals surface area contributed by atoms with Crippen LogP contribution in [0.3, 0.4) is 0 Å². The van der Waals surface area contributed by atoms with Gasteiger partial charge in [0.05, 0.1) is 18.7 Å². The fourth-order valence-electron chi connectivity index (χ4n) is 2.56. The van der Waals surface area contributed by atoms with Gasteiger partial charge in [-0.05, 0) is 30.3 Å². The first kappa shape index (κ1) is 17.9. The van der Waals surface area contributed by atoms with Gasteiger partial charge in [0.15, 0.2) is 5.78 Å². The molecule has 1 saturated heterocycles. The normalized spacial score (nSPS) is 13.6. The van der Waals surface area contributed by atoms with Crippen LogP contribution < -0.4 is 4.74 Å². The summed E-state index contributed by atoms with van der Waals surface area (Å²) in [5.74, 6) is 0.282. The van der Waals surface area contributed by atoms with Crippen molar-refractivity contribution < 1.29 is 14.3 Å². The zero-order valence-electron chi connectivity index (χ0n) is 13.9. The Kier molecular flexibility index (Phi) is 5.49. The quantitative estimate of drug-likeness (QED) is 0.731. The van der Waals surface area contributed by atoms with E-state index < -0.39 is 0 Å². The van der Waals surface area contributed by atoms with E-state index in [1.165, 1.54) is 6.20 Å². The number of ketones is 1. The van der Waals surface area contributed by atoms with E-state index in [1.807, 2.05) is 6.07 Å². The van der Waals surface area contributed by atoms with Crippen LogP contribution in [0, 0.1) is 11.3 Å². The van der Waals surface area contributed by atoms with E-state index in [1.54, 1.807) is 41.3 Å². The van der Waals surface area contributed by atoms with E-state index in [0.29, 0.717) is 35.1 Å². The molecule has 3 rings (SSSR count). The van der Waals surface area contributed by atoms with Crippen LogP contribution in [0.1, 0.15) is 28.8 Å². The smallest absolute Gasteiger partial charge is 0.223 e. The minimum absolute atomic E-state index is 0.0695. The van der Waals surface area contributed by atoms with Gasteiger partial charge in [-0.15, -0.1) is 0 Å². The molecule has 2 heterocycles. The highest BCUT2D eigenvalue weighted by Gasteiger charge is 2.32. The molecule has 1 fully saturated rings. The van der Waals surface area contributed by atoms with Gasteiger partial charge in [-0.2, -0.15) is 5.26 Å². The van der Waals surface area contributed by atoms with E-state index >= 15 is 0 Å². The van der Waals surface area contributed by atoms with Crippen LogP contribution in [0.2, 0.25) is 5.02 Å². The highest BCUT2D eigenvalue weighted by atomic mass is 35.5. The fraction of sp³-hybridized carbons (Fsp3) is 0.263. The average Bonchev–Trinajstić information content (AvgIpc) is 2.63. The van der Waals surface area contributed by atoms with E-state index in [2.05, 4.69) is 4.98 Å². The number of nitrogens with zero attached hydrogens (tertiary/aromatic N) is 3. The number of pyridine rings is 1. The van der Waals surface area contributed by atoms with Crippen LogP contribution in [0.25, 0.3) is 0 Å². The molecular weight excluding hydrogens is 354 g/mol. The van der Waals surface area contributed by atoms with Gasteiger partial charge in [-0.1, -0.05) is 11.6 Å². The van der Waals surface area contributed by atoms with Gasteiger partial charge in [0.25, 0.3) is 0 Å². The molecule has 2 aromatic rings. The summed E-state index contributed by atoms with van der Waals surface area (Å²) in [4.78, 5) is 29.9. The summed E-state index contributed by atoms with van der Waals surface area (Å²) in [7, 11) is 0. The number of hydrogen-bond donors (Lipinski definition) is 0. The second-order valence-corrected chi connectivity index (χ2v) is 6.40. The molecule has 1 aliphatic rings. The zero-order valence-corrected chi connectivity index (χ0v) is 14.6. The Morgan fingerprint density at radius 1 is 1.19 bits per heavy atom. The number of likely N-dealkylation sites (tertiary alicyclic amines) is 1. The van der Waals surface area contributed by atoms with Crippen LogP contribution in [0.4, 0.5) is 0 Å². The maximum Gasteiger partial charge on any atom is 0.223 e. The van der Waals surface area contributed by atoms with E-state index in [0.717, 1.165) is 0 Å². The largest absolute Gasteiger partial charge is 0.471 e. The van der Waals surface area contributed by atoms with E-state index in [9.17, 15) is 9.59 Å². The summed E-state index contributed by atoms with van der Waals surface area (Å²) in [5.41, 5.74) is 1.02. The summed E-state index contributed by atoms with van der Waals surface area (Å²) >= 11 is 5.80. The van der Waals surface area contributed by atoms with Crippen LogP contribution in [0.15, 0.2) is 42.6 Å². The Morgan fingerprint density at radius 2 is 1.92 bits per heavy atom. The molecule has 1 amide bonds. The van der Waals surface area contributed by atoms with Gasteiger partial charge >= 0.3 is 0 Å². The Bertz CT molecular complexity index is 838. The Balaban J connectivity index is 1.41. The van der Waals surface area contributed by atoms with Crippen LogP contribution in [-0.4, -0.2) is 40.8 Å². The molecule has 26 heavy (non-hydrogen) atoms. The predicted octanol–water partition coefficient (Wildman–Crippen LogP) is 2.86. The molecule has 0 spiro atoms. The van der Waals surface area contributed by atoms with Crippen molar-refractivity contribution in [2.45, 2.75) is 18.9 Å². The van der Waals surface area contributed by atoms with Crippen LogP contribution in [-0.2, 0) is 4.79 Å². The standard InChI is InChI=1S/C19H16ClN3O3/c20-15-4-2-14(3-5-15)17(24)6-8-19(25)23-11-16(12-23)26-18-7-1-13(9-21)10-22-18/h1-5,7,10,16H,6,8,11-12H2. The Morgan fingerprint density at radius 3 is 2.54 bits per heavy atom. The van der Waals surface area contributed by atoms with Crippen molar-refractivity contribution in [1.82, 2.24) is 9.88 Å². The lowest BCUT2D eigenvalue weighted by atomic mass is 10.0. The molecule has 0 bridgehead atoms. The number of halogens is 1. The highest BCUT2D eigenvalue weighted by molar-refractivity contribution is 6.30. The molecule has 0 unspecified atom stereocenters. The van der Waals surface area contributed by atoms with Crippen molar-refractivity contribution in [2.75, 3.05) is 13.1 Å². The average molecular weight is 370 g/mol. The highest BCUT2D eigenvalue weighted by Crippen LogP contribution is 2.18. The van der Waals surface area contributed by atoms with Crippen molar-refractivity contribution in [2.24, 2.45) is 0 Å². The maximum atomic E-state index is 12.1. The molecule has 1 aromatic carbocycles. The lowest BCUT2D eigenvalue weighted by Crippen LogP contribution is -2.56. The third-order valence-corrected chi connectivity index (χ3v) is 4.34. The van der Waals surface area contributed by atoms with E-state index in [4.69, 9.17) is 21.6 Å². The van der Waals surface area contributed by atoms with Gasteiger partial charge in [-0.3, -0.25) is 9.59 Å². The van der Waals surface area contributed by atoms with Crippen molar-refractivity contribution in [3.05, 3.63) is 58.7 Å². The predicted molar refractivity (Wildman–Crippen MR) is 95.0 cm³/mol. The molecular formula is C19H16ClN3O3. The number of rotatable bonds is 6. The monoisotopic (exact) mass is 369 g/mol. The first-order valence-electron chi connectivity index (χ1n) is 8.14. The summed E-state index contributed by atoms with van der Waals surface area (Å²) in [6, 6.07) is 11.9. The molecule has 6 nitrogen and oxygen atoms in total. The SMILES string of the molecule is N#Cc1ccc(OC2CN(C(=O)CCC(=O)c3ccc(Cl)cc3)C2)nc1. The van der Waals surface area contributed by atoms with Crippen molar-refractivity contribution in [1.29, 1.82) is 5.26 Å². The number of ether oxygens (including phenoxy) is 1. The minimum Gasteiger partial charge on any atom is -0.471 e. The molecule has 0 N–H and O–H groups in total. The molecule has 0 atom stereocenters. The number of carbonyl (C=O) groups excluding carboxylic acids is 2. The molecule has 1 aromatic heterocycles. The number of benzene rings is 1. The molecule has 0 aliphatic carbocycles. The number of carbonyl (C=O) groups is 2. The van der Waals surface area contributed by atoms with Gasteiger partial charge < -0.3 is 9.64 Å². The van der Waals surface area contributed by atoms with Gasteiger partial charge in [-0.25, -0.2) is 4.98 Å². The molecule has 132 valence electrons. The molecule has 1 aliphatic heterocycles. The topological polar surface area (TPSA) is 83.3 Å². The first-order valence-corrected chi connectivity index (χ1v) is 8.52. The fourth-order valence-corrected chi connectivity index (χ4v) is 2.69. The molecule has 0 radical (unpaired) electrons. The summed E-state index contributed by atoms with van der Waals surface area (Å²) in [6.45, 7) is 0.936. The van der Waals surface area contributed by atoms with Gasteiger partial charge in [0.1, 0.15) is 12.2 Å². The number of nitriles is 1. The summed E-state index contributed by atoms with van der Waals surface area (Å²) in [6.07, 6.45) is 1.66. The van der Waals surface area contributed by atoms with Crippen molar-refractivity contribution in [3.63, 3.8) is 0 Å². The van der Waals surface area contributed by atoms with Gasteiger partial charge in [0, 0.05) is 35.7 Å². The third kappa shape index (κ3) is 4.38. The molecule has 0 saturated carbocycles. The molecule has 7 heteroatoms. The number of Topliss-reactive ketones (excluding diaryl/α,β-unsaturated/α-hetero) is 1. The lowest BCUT2D eigenvalue weighted by Gasteiger charge is -2.38. The third-order valence-electron chi connectivity index (χ3n) is 4.09. The van der Waals surface area contributed by atoms with E-state index in [-0.39, 0.29) is 30.6 Å². The summed E-state index contributed by atoms with van der Waals surface area (Å²) < 4.78 is 5.64. The minimum atomic E-state index is -0.119.